The molecule has 4 atom stereocenters. The molecule has 3 aromatic rings. The topological polar surface area (TPSA) is 125 Å². The minimum Gasteiger partial charge on any atom is -0.508 e. The third-order valence-electron chi connectivity index (χ3n) is 8.11. The van der Waals surface area contributed by atoms with Crippen molar-refractivity contribution in [2.24, 2.45) is 0 Å². The summed E-state index contributed by atoms with van der Waals surface area (Å²) in [6.45, 7) is 1.75. The molecule has 1 aliphatic carbocycles. The summed E-state index contributed by atoms with van der Waals surface area (Å²) in [7, 11) is 1.48. The van der Waals surface area contributed by atoms with Gasteiger partial charge < -0.3 is 40.0 Å². The molecule has 0 spiro atoms. The predicted octanol–water partition coefficient (Wildman–Crippen LogP) is 2.13. The standard InChI is InChI=1S/C31H34N2O7/c1-38-27-14-19(2-5-24(27)36)31-25(37)15-23-26(40-31)16-28(39-11-10-34)30-22-4-3-21(35)13-20(22)12-18(29(23)30)6-8-33-9-7-32-17-33/h2-5,7,9,13-14,16,18,25,31-32,34-37H,6,8,10-12,15,17H2,1H3/p+1/t18-,25-,31-/m1/s1. The Bertz CT molecular complexity index is 1440. The van der Waals surface area contributed by atoms with Crippen LogP contribution in [0.2, 0.25) is 0 Å². The van der Waals surface area contributed by atoms with Crippen LogP contribution in [0.5, 0.6) is 28.7 Å². The Hall–Kier alpha value is -3.92. The first-order valence-corrected chi connectivity index (χ1v) is 13.7. The van der Waals surface area contributed by atoms with Gasteiger partial charge in [0.25, 0.3) is 0 Å². The number of ether oxygens (including phenoxy) is 3. The minimum atomic E-state index is -0.826. The van der Waals surface area contributed by atoms with E-state index in [0.29, 0.717) is 29.2 Å². The number of benzene rings is 3. The van der Waals surface area contributed by atoms with Gasteiger partial charge in [0, 0.05) is 30.0 Å². The van der Waals surface area contributed by atoms with Crippen molar-refractivity contribution in [1.29, 1.82) is 0 Å². The number of phenols is 2. The molecule has 210 valence electrons. The minimum absolute atomic E-state index is 0.0171. The quantitative estimate of drug-likeness (QED) is 0.254. The van der Waals surface area contributed by atoms with Gasteiger partial charge >= 0.3 is 0 Å². The summed E-state index contributed by atoms with van der Waals surface area (Å²) < 4.78 is 17.9. The number of phenolic OH excluding ortho intramolecular Hbond substituents is 2. The predicted molar refractivity (Wildman–Crippen MR) is 148 cm³/mol. The lowest BCUT2D eigenvalue weighted by atomic mass is 9.73. The third kappa shape index (κ3) is 4.81. The summed E-state index contributed by atoms with van der Waals surface area (Å²) >= 11 is 0. The van der Waals surface area contributed by atoms with Gasteiger partial charge in [0.2, 0.25) is 0 Å². The van der Waals surface area contributed by atoms with Crippen LogP contribution in [-0.4, -0.2) is 60.1 Å². The summed E-state index contributed by atoms with van der Waals surface area (Å²) in [4.78, 5) is 1.34. The number of methoxy groups -OCH3 is 1. The molecule has 40 heavy (non-hydrogen) atoms. The van der Waals surface area contributed by atoms with Crippen LogP contribution in [0, 0.1) is 0 Å². The second-order valence-electron chi connectivity index (χ2n) is 10.6. The average Bonchev–Trinajstić information content (AvgIpc) is 3.48. The molecule has 3 aromatic carbocycles. The van der Waals surface area contributed by atoms with Crippen LogP contribution in [0.3, 0.4) is 0 Å². The molecule has 9 nitrogen and oxygen atoms in total. The van der Waals surface area contributed by atoms with Gasteiger partial charge in [0.05, 0.1) is 32.6 Å². The van der Waals surface area contributed by atoms with Crippen LogP contribution in [0.15, 0.2) is 54.9 Å². The third-order valence-corrected chi connectivity index (χ3v) is 8.11. The van der Waals surface area contributed by atoms with Gasteiger partial charge in [-0.05, 0) is 58.9 Å². The van der Waals surface area contributed by atoms with Crippen LogP contribution in [-0.2, 0) is 12.8 Å². The van der Waals surface area contributed by atoms with Gasteiger partial charge in [-0.1, -0.05) is 12.1 Å². The summed E-state index contributed by atoms with van der Waals surface area (Å²) in [5, 5.41) is 44.6. The molecular weight excluding hydrogens is 512 g/mol. The maximum Gasteiger partial charge on any atom is 0.160 e. The molecule has 0 fully saturated rings. The molecule has 0 amide bonds. The molecule has 0 saturated heterocycles. The zero-order chi connectivity index (χ0) is 27.8. The van der Waals surface area contributed by atoms with Crippen LogP contribution in [0.25, 0.3) is 11.1 Å². The Kier molecular flexibility index (Phi) is 7.18. The van der Waals surface area contributed by atoms with E-state index in [1.54, 1.807) is 18.2 Å². The molecule has 2 aliphatic heterocycles. The Morgan fingerprint density at radius 3 is 2.73 bits per heavy atom. The van der Waals surface area contributed by atoms with E-state index >= 15 is 0 Å². The van der Waals surface area contributed by atoms with Crippen LogP contribution < -0.4 is 24.4 Å². The Morgan fingerprint density at radius 1 is 1.07 bits per heavy atom. The normalized spacial score (nSPS) is 22.5. The number of aromatic hydroxyl groups is 2. The molecule has 2 heterocycles. The summed E-state index contributed by atoms with van der Waals surface area (Å²) in [6.07, 6.45) is 4.62. The zero-order valence-corrected chi connectivity index (χ0v) is 22.4. The van der Waals surface area contributed by atoms with Crippen molar-refractivity contribution >= 4 is 0 Å². The van der Waals surface area contributed by atoms with E-state index in [4.69, 9.17) is 14.2 Å². The van der Waals surface area contributed by atoms with Gasteiger partial charge in [-0.2, -0.15) is 0 Å². The molecule has 6 rings (SSSR count). The number of quaternary nitrogens is 1. The number of hydrogen-bond acceptors (Lipinski definition) is 8. The van der Waals surface area contributed by atoms with E-state index in [0.717, 1.165) is 53.9 Å². The lowest BCUT2D eigenvalue weighted by Crippen LogP contribution is -3.07. The second kappa shape index (κ2) is 10.9. The van der Waals surface area contributed by atoms with Gasteiger partial charge in [0.1, 0.15) is 36.2 Å². The van der Waals surface area contributed by atoms with E-state index < -0.39 is 12.2 Å². The second-order valence-corrected chi connectivity index (χ2v) is 10.6. The van der Waals surface area contributed by atoms with E-state index in [9.17, 15) is 20.4 Å². The highest BCUT2D eigenvalue weighted by Crippen LogP contribution is 2.53. The number of hydrogen-bond donors (Lipinski definition) is 6. The van der Waals surface area contributed by atoms with Crippen molar-refractivity contribution < 1.29 is 39.5 Å². The first-order chi connectivity index (χ1) is 19.5. The SMILES string of the molecule is COc1cc([C@H]2Oc3cc(OCCO)c4c(c3C[C@H]2O)[C@H](CC[NH+]2C=CNC2)Cc2cc(O)ccc2-4)ccc1O. The molecule has 0 bridgehead atoms. The lowest BCUT2D eigenvalue weighted by Gasteiger charge is -2.37. The fourth-order valence-electron chi connectivity index (χ4n) is 6.26. The van der Waals surface area contributed by atoms with Crippen molar-refractivity contribution in [3.8, 4) is 39.9 Å². The van der Waals surface area contributed by atoms with E-state index in [2.05, 4.69) is 11.5 Å². The summed E-state index contributed by atoms with van der Waals surface area (Å²) in [5.74, 6) is 1.90. The molecule has 9 heteroatoms. The number of aliphatic hydroxyl groups excluding tert-OH is 2. The van der Waals surface area contributed by atoms with Gasteiger partial charge in [-0.3, -0.25) is 4.90 Å². The van der Waals surface area contributed by atoms with Crippen molar-refractivity contribution in [3.63, 3.8) is 0 Å². The largest absolute Gasteiger partial charge is 0.508 e. The first-order valence-electron chi connectivity index (χ1n) is 13.7. The molecule has 6 N–H and O–H groups in total. The number of nitrogens with one attached hydrogen (secondary N) is 2. The smallest absolute Gasteiger partial charge is 0.160 e. The van der Waals surface area contributed by atoms with Crippen LogP contribution >= 0.6 is 0 Å². The molecule has 0 aromatic heterocycles. The number of fused-ring (bicyclic) bond motifs is 5. The van der Waals surface area contributed by atoms with Crippen molar-refractivity contribution in [2.75, 3.05) is 33.5 Å². The van der Waals surface area contributed by atoms with E-state index in [1.807, 2.05) is 24.4 Å². The maximum atomic E-state index is 11.4. The Labute approximate surface area is 232 Å². The van der Waals surface area contributed by atoms with Crippen molar-refractivity contribution in [2.45, 2.75) is 37.4 Å². The highest BCUT2D eigenvalue weighted by atomic mass is 16.5. The Balaban J connectivity index is 1.46. The number of rotatable bonds is 8. The lowest BCUT2D eigenvalue weighted by molar-refractivity contribution is -0.843. The molecule has 0 radical (unpaired) electrons. The van der Waals surface area contributed by atoms with Crippen molar-refractivity contribution in [3.05, 3.63) is 77.1 Å². The molecular formula is C31H35N2O7+. The first kappa shape index (κ1) is 26.3. The van der Waals surface area contributed by atoms with Gasteiger partial charge in [-0.15, -0.1) is 0 Å². The van der Waals surface area contributed by atoms with Crippen molar-refractivity contribution in [1.82, 2.24) is 5.32 Å². The average molecular weight is 548 g/mol. The van der Waals surface area contributed by atoms with E-state index in [1.165, 1.54) is 18.1 Å². The molecule has 3 aliphatic rings. The number of aliphatic hydroxyl groups is 2. The monoisotopic (exact) mass is 547 g/mol. The fourth-order valence-corrected chi connectivity index (χ4v) is 6.26. The van der Waals surface area contributed by atoms with Crippen LogP contribution in [0.4, 0.5) is 0 Å². The maximum absolute atomic E-state index is 11.4. The zero-order valence-electron chi connectivity index (χ0n) is 22.4. The molecule has 0 saturated carbocycles. The highest BCUT2D eigenvalue weighted by molar-refractivity contribution is 5.83. The van der Waals surface area contributed by atoms with Gasteiger partial charge in [-0.25, -0.2) is 0 Å². The summed E-state index contributed by atoms with van der Waals surface area (Å²) in [6, 6.07) is 12.2. The van der Waals surface area contributed by atoms with Gasteiger partial charge in [0.15, 0.2) is 18.2 Å². The fraction of sp³-hybridized carbons (Fsp3) is 0.355. The summed E-state index contributed by atoms with van der Waals surface area (Å²) in [5.41, 5.74) is 5.70. The van der Waals surface area contributed by atoms with E-state index in [-0.39, 0.29) is 30.6 Å². The Morgan fingerprint density at radius 2 is 1.95 bits per heavy atom. The van der Waals surface area contributed by atoms with Crippen LogP contribution in [0.1, 0.15) is 40.7 Å². The highest BCUT2D eigenvalue weighted by Gasteiger charge is 2.38. The molecule has 1 unspecified atom stereocenters.